The van der Waals surface area contributed by atoms with Crippen LogP contribution in [-0.2, 0) is 4.79 Å². The number of hydrogen-bond donors (Lipinski definition) is 1. The minimum Gasteiger partial charge on any atom is -0.340 e. The van der Waals surface area contributed by atoms with Crippen LogP contribution in [0.1, 0.15) is 58.8 Å². The lowest BCUT2D eigenvalue weighted by molar-refractivity contribution is -0.134. The van der Waals surface area contributed by atoms with Crippen LogP contribution in [0.3, 0.4) is 0 Å². The van der Waals surface area contributed by atoms with Gasteiger partial charge in [0.15, 0.2) is 0 Å². The first-order valence-electron chi connectivity index (χ1n) is 7.14. The number of nitrogens with zero attached hydrogens (tertiary/aromatic N) is 1. The molecule has 1 aliphatic rings. The number of nitrogens with two attached hydrogens (primary N) is 1. The van der Waals surface area contributed by atoms with Gasteiger partial charge in [-0.15, -0.1) is 0 Å². The molecule has 0 spiro atoms. The maximum Gasteiger partial charge on any atom is 0.223 e. The van der Waals surface area contributed by atoms with Crippen LogP contribution in [0, 0.1) is 5.92 Å². The predicted octanol–water partition coefficient (Wildman–Crippen LogP) is 2.54. The summed E-state index contributed by atoms with van der Waals surface area (Å²) in [4.78, 5) is 14.2. The topological polar surface area (TPSA) is 46.3 Å². The zero-order chi connectivity index (χ0) is 12.7. The highest BCUT2D eigenvalue weighted by molar-refractivity contribution is 5.76. The van der Waals surface area contributed by atoms with Gasteiger partial charge in [-0.25, -0.2) is 0 Å². The standard InChI is InChI=1S/C14H28N2O/c1-12(2)16(10-6-9-15)14(17)11-13-7-4-3-5-8-13/h12-13H,3-11,15H2,1-2H3. The summed E-state index contributed by atoms with van der Waals surface area (Å²) in [5.41, 5.74) is 5.52. The normalized spacial score (nSPS) is 17.4. The van der Waals surface area contributed by atoms with Crippen LogP contribution < -0.4 is 5.73 Å². The summed E-state index contributed by atoms with van der Waals surface area (Å²) in [6, 6.07) is 0.303. The fourth-order valence-corrected chi connectivity index (χ4v) is 2.69. The Hall–Kier alpha value is -0.570. The predicted molar refractivity (Wildman–Crippen MR) is 71.7 cm³/mol. The van der Waals surface area contributed by atoms with Crippen LogP contribution in [0.4, 0.5) is 0 Å². The van der Waals surface area contributed by atoms with E-state index in [2.05, 4.69) is 13.8 Å². The third kappa shape index (κ3) is 5.07. The van der Waals surface area contributed by atoms with E-state index in [0.717, 1.165) is 19.4 Å². The molecule has 0 aromatic carbocycles. The molecule has 2 N–H and O–H groups in total. The molecule has 0 aromatic rings. The van der Waals surface area contributed by atoms with Crippen molar-refractivity contribution in [3.63, 3.8) is 0 Å². The van der Waals surface area contributed by atoms with Crippen molar-refractivity contribution in [3.8, 4) is 0 Å². The number of carbonyl (C=O) groups is 1. The molecule has 0 aliphatic heterocycles. The van der Waals surface area contributed by atoms with Crippen molar-refractivity contribution >= 4 is 5.91 Å². The van der Waals surface area contributed by atoms with Gasteiger partial charge < -0.3 is 10.6 Å². The molecule has 1 saturated carbocycles. The molecule has 3 heteroatoms. The Bertz CT molecular complexity index is 222. The van der Waals surface area contributed by atoms with E-state index >= 15 is 0 Å². The van der Waals surface area contributed by atoms with E-state index in [-0.39, 0.29) is 0 Å². The van der Waals surface area contributed by atoms with Crippen molar-refractivity contribution in [2.45, 2.75) is 64.8 Å². The molecule has 1 rings (SSSR count). The molecule has 0 saturated heterocycles. The molecule has 1 amide bonds. The minimum atomic E-state index is 0.303. The van der Waals surface area contributed by atoms with E-state index < -0.39 is 0 Å². The zero-order valence-electron chi connectivity index (χ0n) is 11.5. The molecule has 17 heavy (non-hydrogen) atoms. The van der Waals surface area contributed by atoms with Crippen molar-refractivity contribution in [1.29, 1.82) is 0 Å². The first kappa shape index (κ1) is 14.5. The monoisotopic (exact) mass is 240 g/mol. The second-order valence-electron chi connectivity index (χ2n) is 5.53. The summed E-state index contributed by atoms with van der Waals surface area (Å²) in [5.74, 6) is 0.968. The molecule has 0 atom stereocenters. The van der Waals surface area contributed by atoms with Gasteiger partial charge in [-0.1, -0.05) is 19.3 Å². The van der Waals surface area contributed by atoms with Gasteiger partial charge in [-0.2, -0.15) is 0 Å². The Balaban J connectivity index is 2.40. The molecule has 3 nitrogen and oxygen atoms in total. The Morgan fingerprint density at radius 3 is 2.47 bits per heavy atom. The van der Waals surface area contributed by atoms with Gasteiger partial charge in [0.25, 0.3) is 0 Å². The highest BCUT2D eigenvalue weighted by Gasteiger charge is 2.22. The SMILES string of the molecule is CC(C)N(CCCN)C(=O)CC1CCCCC1. The van der Waals surface area contributed by atoms with Crippen LogP contribution in [0.2, 0.25) is 0 Å². The molecule has 1 aliphatic carbocycles. The number of carbonyl (C=O) groups excluding carboxylic acids is 1. The van der Waals surface area contributed by atoms with E-state index in [0.29, 0.717) is 24.4 Å². The highest BCUT2D eigenvalue weighted by atomic mass is 16.2. The maximum absolute atomic E-state index is 12.2. The van der Waals surface area contributed by atoms with Gasteiger partial charge >= 0.3 is 0 Å². The van der Waals surface area contributed by atoms with Crippen molar-refractivity contribution in [2.75, 3.05) is 13.1 Å². The van der Waals surface area contributed by atoms with Gasteiger partial charge in [0.1, 0.15) is 0 Å². The van der Waals surface area contributed by atoms with Gasteiger partial charge in [0.05, 0.1) is 0 Å². The summed E-state index contributed by atoms with van der Waals surface area (Å²) >= 11 is 0. The lowest BCUT2D eigenvalue weighted by Crippen LogP contribution is -2.39. The lowest BCUT2D eigenvalue weighted by Gasteiger charge is -2.29. The Morgan fingerprint density at radius 1 is 1.29 bits per heavy atom. The molecule has 100 valence electrons. The molecule has 0 heterocycles. The molecule has 1 fully saturated rings. The fourth-order valence-electron chi connectivity index (χ4n) is 2.69. The van der Waals surface area contributed by atoms with E-state index in [1.165, 1.54) is 32.1 Å². The second kappa shape index (κ2) is 7.70. The zero-order valence-corrected chi connectivity index (χ0v) is 11.5. The van der Waals surface area contributed by atoms with E-state index in [1.54, 1.807) is 0 Å². The fraction of sp³-hybridized carbons (Fsp3) is 0.929. The third-order valence-corrected chi connectivity index (χ3v) is 3.73. The van der Waals surface area contributed by atoms with Crippen LogP contribution in [0.5, 0.6) is 0 Å². The van der Waals surface area contributed by atoms with Crippen LogP contribution in [0.15, 0.2) is 0 Å². The molecule has 0 aromatic heterocycles. The highest BCUT2D eigenvalue weighted by Crippen LogP contribution is 2.27. The summed E-state index contributed by atoms with van der Waals surface area (Å²) in [6.45, 7) is 5.67. The van der Waals surface area contributed by atoms with Crippen LogP contribution in [0.25, 0.3) is 0 Å². The summed E-state index contributed by atoms with van der Waals surface area (Å²) < 4.78 is 0. The van der Waals surface area contributed by atoms with Crippen molar-refractivity contribution in [2.24, 2.45) is 11.7 Å². The average Bonchev–Trinajstić information content (AvgIpc) is 2.30. The maximum atomic E-state index is 12.2. The quantitative estimate of drug-likeness (QED) is 0.775. The van der Waals surface area contributed by atoms with Gasteiger partial charge in [0, 0.05) is 19.0 Å². The number of hydrogen-bond acceptors (Lipinski definition) is 2. The van der Waals surface area contributed by atoms with Crippen molar-refractivity contribution in [1.82, 2.24) is 4.90 Å². The van der Waals surface area contributed by atoms with Gasteiger partial charge in [0.2, 0.25) is 5.91 Å². The van der Waals surface area contributed by atoms with Crippen LogP contribution >= 0.6 is 0 Å². The molecule has 0 unspecified atom stereocenters. The lowest BCUT2D eigenvalue weighted by atomic mass is 9.86. The van der Waals surface area contributed by atoms with E-state index in [9.17, 15) is 4.79 Å². The molecular formula is C14H28N2O. The Morgan fingerprint density at radius 2 is 1.94 bits per heavy atom. The first-order chi connectivity index (χ1) is 8.15. The van der Waals surface area contributed by atoms with Gasteiger partial charge in [-0.3, -0.25) is 4.79 Å². The van der Waals surface area contributed by atoms with Crippen molar-refractivity contribution in [3.05, 3.63) is 0 Å². The summed E-state index contributed by atoms with van der Waals surface area (Å²) in [7, 11) is 0. The van der Waals surface area contributed by atoms with Gasteiger partial charge in [-0.05, 0) is 45.6 Å². The van der Waals surface area contributed by atoms with E-state index in [1.807, 2.05) is 4.90 Å². The number of amides is 1. The third-order valence-electron chi connectivity index (χ3n) is 3.73. The van der Waals surface area contributed by atoms with E-state index in [4.69, 9.17) is 5.73 Å². The first-order valence-corrected chi connectivity index (χ1v) is 7.14. The second-order valence-corrected chi connectivity index (χ2v) is 5.53. The van der Waals surface area contributed by atoms with Crippen LogP contribution in [-0.4, -0.2) is 29.9 Å². The largest absolute Gasteiger partial charge is 0.340 e. The summed E-state index contributed by atoms with van der Waals surface area (Å²) in [6.07, 6.45) is 8.12. The average molecular weight is 240 g/mol. The Labute approximate surface area is 106 Å². The molecule has 0 bridgehead atoms. The Kier molecular flexibility index (Phi) is 6.56. The minimum absolute atomic E-state index is 0.303. The molecule has 0 radical (unpaired) electrons. The number of rotatable bonds is 6. The van der Waals surface area contributed by atoms with Crippen molar-refractivity contribution < 1.29 is 4.79 Å². The molecular weight excluding hydrogens is 212 g/mol. The smallest absolute Gasteiger partial charge is 0.223 e. The summed E-state index contributed by atoms with van der Waals surface area (Å²) in [5, 5.41) is 0.